The van der Waals surface area contributed by atoms with E-state index in [9.17, 15) is 4.79 Å². The zero-order valence-corrected chi connectivity index (χ0v) is 14.1. The maximum atomic E-state index is 11.8. The van der Waals surface area contributed by atoms with Gasteiger partial charge in [-0.3, -0.25) is 4.79 Å². The number of likely N-dealkylation sites (N-methyl/N-ethyl adjacent to an activating group) is 1. The zero-order valence-electron chi connectivity index (χ0n) is 14.1. The first-order chi connectivity index (χ1) is 11.6. The molecule has 0 aliphatic carbocycles. The van der Waals surface area contributed by atoms with Crippen LogP contribution in [0.4, 0.5) is 5.69 Å². The van der Waals surface area contributed by atoms with Crippen molar-refractivity contribution in [2.24, 2.45) is 0 Å². The average molecular weight is 326 g/mol. The van der Waals surface area contributed by atoms with Gasteiger partial charge in [-0.25, -0.2) is 5.10 Å². The molecular formula is C18H22N4O2. The van der Waals surface area contributed by atoms with Gasteiger partial charge in [0.1, 0.15) is 11.9 Å². The van der Waals surface area contributed by atoms with Crippen molar-refractivity contribution in [1.29, 1.82) is 0 Å². The third kappa shape index (κ3) is 2.78. The zero-order chi connectivity index (χ0) is 16.7. The number of nitrogens with one attached hydrogen (secondary N) is 1. The molecule has 2 aliphatic rings. The first kappa shape index (κ1) is 15.2. The van der Waals surface area contributed by atoms with Gasteiger partial charge in [0.05, 0.1) is 11.9 Å². The minimum atomic E-state index is -0.127. The predicted octanol–water partition coefficient (Wildman–Crippen LogP) is 1.68. The van der Waals surface area contributed by atoms with Crippen LogP contribution < -0.4 is 15.2 Å². The summed E-state index contributed by atoms with van der Waals surface area (Å²) in [6.07, 6.45) is 3.09. The standard InChI is InChI=1S/C18H22N4O2/c1-12-17(8-19-20-18(12)23)22-9-13-3-4-15(7-14(13)10-22)24-16-5-6-21(2)11-16/h3-4,7-8,16H,5-6,9-11H2,1-2H3,(H,20,23). The summed E-state index contributed by atoms with van der Waals surface area (Å²) in [5.41, 5.74) is 4.03. The summed E-state index contributed by atoms with van der Waals surface area (Å²) in [7, 11) is 2.13. The highest BCUT2D eigenvalue weighted by Gasteiger charge is 2.24. The third-order valence-corrected chi connectivity index (χ3v) is 4.97. The van der Waals surface area contributed by atoms with E-state index in [2.05, 4.69) is 45.2 Å². The maximum Gasteiger partial charge on any atom is 0.269 e. The smallest absolute Gasteiger partial charge is 0.269 e. The van der Waals surface area contributed by atoms with E-state index < -0.39 is 0 Å². The van der Waals surface area contributed by atoms with E-state index in [0.29, 0.717) is 5.56 Å². The van der Waals surface area contributed by atoms with Crippen LogP contribution in [-0.4, -0.2) is 41.3 Å². The molecule has 126 valence electrons. The van der Waals surface area contributed by atoms with Crippen LogP contribution >= 0.6 is 0 Å². The van der Waals surface area contributed by atoms with E-state index in [1.807, 2.05) is 6.92 Å². The normalized spacial score (nSPS) is 20.4. The topological polar surface area (TPSA) is 61.5 Å². The second-order valence-corrected chi connectivity index (χ2v) is 6.79. The summed E-state index contributed by atoms with van der Waals surface area (Å²) in [5.74, 6) is 0.941. The van der Waals surface area contributed by atoms with Crippen molar-refractivity contribution in [1.82, 2.24) is 15.1 Å². The van der Waals surface area contributed by atoms with E-state index in [1.165, 1.54) is 11.1 Å². The van der Waals surface area contributed by atoms with Crippen LogP contribution in [0, 0.1) is 6.92 Å². The van der Waals surface area contributed by atoms with Gasteiger partial charge in [0.2, 0.25) is 0 Å². The lowest BCUT2D eigenvalue weighted by Gasteiger charge is -2.18. The van der Waals surface area contributed by atoms with Crippen LogP contribution in [-0.2, 0) is 13.1 Å². The van der Waals surface area contributed by atoms with Crippen molar-refractivity contribution in [2.45, 2.75) is 32.5 Å². The van der Waals surface area contributed by atoms with Gasteiger partial charge in [-0.15, -0.1) is 0 Å². The maximum absolute atomic E-state index is 11.8. The summed E-state index contributed by atoms with van der Waals surface area (Å²) in [4.78, 5) is 16.3. The fraction of sp³-hybridized carbons (Fsp3) is 0.444. The van der Waals surface area contributed by atoms with Crippen LogP contribution in [0.2, 0.25) is 0 Å². The number of aromatic amines is 1. The molecule has 6 heteroatoms. The van der Waals surface area contributed by atoms with Crippen LogP contribution in [0.25, 0.3) is 0 Å². The number of hydrogen-bond acceptors (Lipinski definition) is 5. The molecular weight excluding hydrogens is 304 g/mol. The Morgan fingerprint density at radius 3 is 2.92 bits per heavy atom. The lowest BCUT2D eigenvalue weighted by molar-refractivity contribution is 0.208. The van der Waals surface area contributed by atoms with Crippen molar-refractivity contribution in [3.63, 3.8) is 0 Å². The van der Waals surface area contributed by atoms with Crippen molar-refractivity contribution >= 4 is 5.69 Å². The minimum absolute atomic E-state index is 0.127. The number of H-pyrrole nitrogens is 1. The molecule has 1 aromatic carbocycles. The van der Waals surface area contributed by atoms with Crippen molar-refractivity contribution < 1.29 is 4.74 Å². The number of likely N-dealkylation sites (tertiary alicyclic amines) is 1. The molecule has 1 N–H and O–H groups in total. The van der Waals surface area contributed by atoms with Crippen LogP contribution in [0.3, 0.4) is 0 Å². The molecule has 0 bridgehead atoms. The van der Waals surface area contributed by atoms with Crippen LogP contribution in [0.5, 0.6) is 5.75 Å². The van der Waals surface area contributed by atoms with E-state index in [1.54, 1.807) is 6.20 Å². The monoisotopic (exact) mass is 326 g/mol. The van der Waals surface area contributed by atoms with E-state index >= 15 is 0 Å². The fourth-order valence-electron chi connectivity index (χ4n) is 3.57. The Labute approximate surface area is 141 Å². The molecule has 1 fully saturated rings. The Hall–Kier alpha value is -2.34. The largest absolute Gasteiger partial charge is 0.489 e. The number of hydrogen-bond donors (Lipinski definition) is 1. The Morgan fingerprint density at radius 1 is 1.29 bits per heavy atom. The molecule has 0 saturated carbocycles. The van der Waals surface area contributed by atoms with Crippen molar-refractivity contribution in [2.75, 3.05) is 25.0 Å². The number of fused-ring (bicyclic) bond motifs is 1. The van der Waals surface area contributed by atoms with E-state index in [4.69, 9.17) is 4.74 Å². The summed E-state index contributed by atoms with van der Waals surface area (Å²) >= 11 is 0. The summed E-state index contributed by atoms with van der Waals surface area (Å²) in [6.45, 7) is 5.50. The number of rotatable bonds is 3. The molecule has 0 amide bonds. The molecule has 4 rings (SSSR count). The first-order valence-electron chi connectivity index (χ1n) is 8.36. The number of ether oxygens (including phenoxy) is 1. The van der Waals surface area contributed by atoms with Gasteiger partial charge in [0.25, 0.3) is 5.56 Å². The van der Waals surface area contributed by atoms with Crippen molar-refractivity contribution in [3.05, 3.63) is 51.4 Å². The molecule has 0 radical (unpaired) electrons. The molecule has 24 heavy (non-hydrogen) atoms. The number of nitrogens with zero attached hydrogens (tertiary/aromatic N) is 3. The van der Waals surface area contributed by atoms with Gasteiger partial charge in [0, 0.05) is 31.7 Å². The summed E-state index contributed by atoms with van der Waals surface area (Å²) in [5, 5.41) is 6.42. The van der Waals surface area contributed by atoms with Gasteiger partial charge in [0.15, 0.2) is 0 Å². The molecule has 1 saturated heterocycles. The summed E-state index contributed by atoms with van der Waals surface area (Å²) in [6, 6.07) is 6.34. The third-order valence-electron chi connectivity index (χ3n) is 4.97. The second kappa shape index (κ2) is 5.94. The molecule has 1 aromatic heterocycles. The SMILES string of the molecule is Cc1c(N2Cc3ccc(OC4CCN(C)C4)cc3C2)cn[nH]c1=O. The van der Waals surface area contributed by atoms with Gasteiger partial charge >= 0.3 is 0 Å². The van der Waals surface area contributed by atoms with Gasteiger partial charge in [-0.1, -0.05) is 6.07 Å². The van der Waals surface area contributed by atoms with Crippen LogP contribution in [0.1, 0.15) is 23.1 Å². The van der Waals surface area contributed by atoms with Gasteiger partial charge in [-0.2, -0.15) is 5.10 Å². The highest BCUT2D eigenvalue weighted by atomic mass is 16.5. The lowest BCUT2D eigenvalue weighted by atomic mass is 10.1. The molecule has 3 heterocycles. The molecule has 2 aliphatic heterocycles. The van der Waals surface area contributed by atoms with E-state index in [0.717, 1.165) is 44.0 Å². The first-order valence-corrected chi connectivity index (χ1v) is 8.36. The van der Waals surface area contributed by atoms with Crippen molar-refractivity contribution in [3.8, 4) is 5.75 Å². The average Bonchev–Trinajstić information content (AvgIpc) is 3.15. The Kier molecular flexibility index (Phi) is 3.76. The van der Waals surface area contributed by atoms with E-state index in [-0.39, 0.29) is 11.7 Å². The second-order valence-electron chi connectivity index (χ2n) is 6.79. The Balaban J connectivity index is 1.52. The molecule has 6 nitrogen and oxygen atoms in total. The van der Waals surface area contributed by atoms with Crippen LogP contribution in [0.15, 0.2) is 29.2 Å². The fourth-order valence-corrected chi connectivity index (χ4v) is 3.57. The molecule has 2 aromatic rings. The van der Waals surface area contributed by atoms with Gasteiger partial charge in [-0.05, 0) is 43.7 Å². The number of benzene rings is 1. The highest BCUT2D eigenvalue weighted by molar-refractivity contribution is 5.55. The Bertz CT molecular complexity index is 817. The lowest BCUT2D eigenvalue weighted by Crippen LogP contribution is -2.21. The molecule has 1 atom stereocenters. The molecule has 1 unspecified atom stereocenters. The minimum Gasteiger partial charge on any atom is -0.489 e. The number of aromatic nitrogens is 2. The quantitative estimate of drug-likeness (QED) is 0.930. The Morgan fingerprint density at radius 2 is 2.12 bits per heavy atom. The number of anilines is 1. The van der Waals surface area contributed by atoms with Gasteiger partial charge < -0.3 is 14.5 Å². The highest BCUT2D eigenvalue weighted by Crippen LogP contribution is 2.31. The molecule has 0 spiro atoms. The summed E-state index contributed by atoms with van der Waals surface area (Å²) < 4.78 is 6.13. The predicted molar refractivity (Wildman–Crippen MR) is 92.5 cm³/mol.